The zero-order valence-corrected chi connectivity index (χ0v) is 16.4. The van der Waals surface area contributed by atoms with Gasteiger partial charge in [0.1, 0.15) is 5.01 Å². The van der Waals surface area contributed by atoms with E-state index < -0.39 is 0 Å². The molecule has 0 aliphatic carbocycles. The summed E-state index contributed by atoms with van der Waals surface area (Å²) in [5.74, 6) is 0.525. The number of aromatic nitrogens is 2. The molecular formula is C18H24N4OS2. The van der Waals surface area contributed by atoms with Crippen molar-refractivity contribution in [2.24, 2.45) is 5.41 Å². The third kappa shape index (κ3) is 3.02. The molecular weight excluding hydrogens is 352 g/mol. The van der Waals surface area contributed by atoms with E-state index in [-0.39, 0.29) is 17.4 Å². The van der Waals surface area contributed by atoms with Crippen LogP contribution in [0, 0.1) is 5.41 Å². The van der Waals surface area contributed by atoms with Gasteiger partial charge >= 0.3 is 0 Å². The Kier molecular flexibility index (Phi) is 4.64. The molecule has 2 aliphatic rings. The highest BCUT2D eigenvalue weighted by molar-refractivity contribution is 7.09. The van der Waals surface area contributed by atoms with Crippen molar-refractivity contribution >= 4 is 28.6 Å². The van der Waals surface area contributed by atoms with Gasteiger partial charge in [-0.15, -0.1) is 22.7 Å². The van der Waals surface area contributed by atoms with Crippen molar-refractivity contribution in [3.05, 3.63) is 33.2 Å². The highest BCUT2D eigenvalue weighted by Crippen LogP contribution is 2.50. The van der Waals surface area contributed by atoms with Crippen LogP contribution in [0.1, 0.15) is 42.6 Å². The van der Waals surface area contributed by atoms with Gasteiger partial charge in [0, 0.05) is 54.7 Å². The number of hydrogen-bond donors (Lipinski definition) is 0. The first-order chi connectivity index (χ1) is 12.1. The number of hydrogen-bond acceptors (Lipinski definition) is 6. The molecule has 134 valence electrons. The van der Waals surface area contributed by atoms with Gasteiger partial charge in [-0.2, -0.15) is 0 Å². The molecule has 2 saturated heterocycles. The minimum Gasteiger partial charge on any atom is -0.340 e. The van der Waals surface area contributed by atoms with E-state index in [1.165, 1.54) is 0 Å². The number of nitrogens with zero attached hydrogens (tertiary/aromatic N) is 4. The molecule has 25 heavy (non-hydrogen) atoms. The van der Waals surface area contributed by atoms with Gasteiger partial charge in [-0.1, -0.05) is 0 Å². The lowest BCUT2D eigenvalue weighted by molar-refractivity contribution is -0.148. The standard InChI is InChI=1S/C18H24N4OS2/c1-13(2)22-7-3-4-18(17(22)23)12-21(11-15-19-5-8-24-15)10-14(18)16-20-6-9-25-16/h5-6,8-9,13-14H,3-4,7,10-12H2,1-2H3/t14-,18+/m1/s1. The van der Waals surface area contributed by atoms with Crippen LogP contribution >= 0.6 is 22.7 Å². The molecule has 4 rings (SSSR count). The Hall–Kier alpha value is -1.31. The Morgan fingerprint density at radius 1 is 1.28 bits per heavy atom. The van der Waals surface area contributed by atoms with E-state index in [2.05, 4.69) is 33.6 Å². The lowest BCUT2D eigenvalue weighted by atomic mass is 9.71. The summed E-state index contributed by atoms with van der Waals surface area (Å²) in [7, 11) is 0. The maximum Gasteiger partial charge on any atom is 0.231 e. The number of carbonyl (C=O) groups excluding carboxylic acids is 1. The second-order valence-corrected chi connectivity index (χ2v) is 9.28. The van der Waals surface area contributed by atoms with E-state index in [0.717, 1.165) is 49.0 Å². The topological polar surface area (TPSA) is 49.3 Å². The Morgan fingerprint density at radius 2 is 2.08 bits per heavy atom. The maximum absolute atomic E-state index is 13.5. The third-order valence-electron chi connectivity index (χ3n) is 5.54. The summed E-state index contributed by atoms with van der Waals surface area (Å²) in [6.45, 7) is 7.67. The van der Waals surface area contributed by atoms with Crippen molar-refractivity contribution in [1.82, 2.24) is 19.8 Å². The second-order valence-electron chi connectivity index (χ2n) is 7.37. The van der Waals surface area contributed by atoms with Crippen molar-refractivity contribution in [3.63, 3.8) is 0 Å². The van der Waals surface area contributed by atoms with Crippen LogP contribution < -0.4 is 0 Å². The maximum atomic E-state index is 13.5. The Bertz CT molecular complexity index is 716. The lowest BCUT2D eigenvalue weighted by Gasteiger charge is -2.43. The van der Waals surface area contributed by atoms with E-state index in [1.807, 2.05) is 23.2 Å². The summed E-state index contributed by atoms with van der Waals surface area (Å²) in [5, 5.41) is 6.28. The third-order valence-corrected chi connectivity index (χ3v) is 7.19. The number of rotatable bonds is 4. The zero-order valence-electron chi connectivity index (χ0n) is 14.7. The van der Waals surface area contributed by atoms with Gasteiger partial charge in [0.2, 0.25) is 5.91 Å². The molecule has 0 saturated carbocycles. The predicted molar refractivity (Wildman–Crippen MR) is 101 cm³/mol. The Morgan fingerprint density at radius 3 is 2.76 bits per heavy atom. The molecule has 2 aliphatic heterocycles. The molecule has 2 aromatic heterocycles. The van der Waals surface area contributed by atoms with Gasteiger partial charge in [0.25, 0.3) is 0 Å². The highest BCUT2D eigenvalue weighted by atomic mass is 32.1. The van der Waals surface area contributed by atoms with E-state index in [9.17, 15) is 4.79 Å². The van der Waals surface area contributed by atoms with E-state index in [1.54, 1.807) is 22.7 Å². The fraction of sp³-hybridized carbons (Fsp3) is 0.611. The van der Waals surface area contributed by atoms with Crippen LogP contribution in [0.25, 0.3) is 0 Å². The van der Waals surface area contributed by atoms with Gasteiger partial charge < -0.3 is 4.90 Å². The summed E-state index contributed by atoms with van der Waals surface area (Å²) in [4.78, 5) is 27.0. The molecule has 0 unspecified atom stereocenters. The van der Waals surface area contributed by atoms with Crippen LogP contribution in [0.4, 0.5) is 0 Å². The predicted octanol–water partition coefficient (Wildman–Crippen LogP) is 3.22. The first kappa shape index (κ1) is 17.1. The fourth-order valence-electron chi connectivity index (χ4n) is 4.39. The first-order valence-electron chi connectivity index (χ1n) is 8.91. The van der Waals surface area contributed by atoms with E-state index in [0.29, 0.717) is 5.91 Å². The summed E-state index contributed by atoms with van der Waals surface area (Å²) in [6, 6.07) is 0.259. The lowest BCUT2D eigenvalue weighted by Crippen LogP contribution is -2.54. The molecule has 0 N–H and O–H groups in total. The Balaban J connectivity index is 1.66. The van der Waals surface area contributed by atoms with Crippen molar-refractivity contribution < 1.29 is 4.79 Å². The van der Waals surface area contributed by atoms with Crippen LogP contribution in [-0.4, -0.2) is 51.4 Å². The van der Waals surface area contributed by atoms with Gasteiger partial charge in [0.05, 0.1) is 17.0 Å². The average molecular weight is 377 g/mol. The average Bonchev–Trinajstić information content (AvgIpc) is 3.32. The molecule has 0 bridgehead atoms. The minimum atomic E-state index is -0.322. The van der Waals surface area contributed by atoms with Crippen molar-refractivity contribution in [2.45, 2.75) is 45.2 Å². The number of carbonyl (C=O) groups is 1. The summed E-state index contributed by atoms with van der Waals surface area (Å²) in [6.07, 6.45) is 5.77. The van der Waals surface area contributed by atoms with Gasteiger partial charge in [-0.05, 0) is 26.7 Å². The fourth-order valence-corrected chi connectivity index (χ4v) is 5.90. The highest BCUT2D eigenvalue weighted by Gasteiger charge is 2.56. The van der Waals surface area contributed by atoms with Crippen LogP contribution in [0.5, 0.6) is 0 Å². The van der Waals surface area contributed by atoms with Gasteiger partial charge in [-0.25, -0.2) is 9.97 Å². The first-order valence-corrected chi connectivity index (χ1v) is 10.7. The molecule has 2 fully saturated rings. The minimum absolute atomic E-state index is 0.196. The SMILES string of the molecule is CC(C)N1CCC[C@@]2(CN(Cc3nccs3)C[C@@H]2c2nccs2)C1=O. The molecule has 2 aromatic rings. The molecule has 5 nitrogen and oxygen atoms in total. The smallest absolute Gasteiger partial charge is 0.231 e. The van der Waals surface area contributed by atoms with Gasteiger partial charge in [0.15, 0.2) is 0 Å². The van der Waals surface area contributed by atoms with Crippen molar-refractivity contribution in [1.29, 1.82) is 0 Å². The second kappa shape index (κ2) is 6.78. The molecule has 4 heterocycles. The normalized spacial score (nSPS) is 27.7. The Labute approximate surface area is 156 Å². The van der Waals surface area contributed by atoms with Crippen LogP contribution in [0.3, 0.4) is 0 Å². The number of likely N-dealkylation sites (tertiary alicyclic amines) is 2. The number of amides is 1. The van der Waals surface area contributed by atoms with Crippen LogP contribution in [0.15, 0.2) is 23.2 Å². The zero-order chi connectivity index (χ0) is 17.4. The van der Waals surface area contributed by atoms with Gasteiger partial charge in [-0.3, -0.25) is 9.69 Å². The van der Waals surface area contributed by atoms with Crippen molar-refractivity contribution in [3.8, 4) is 0 Å². The summed E-state index contributed by atoms with van der Waals surface area (Å²) < 4.78 is 0. The van der Waals surface area contributed by atoms with E-state index >= 15 is 0 Å². The molecule has 1 spiro atoms. The quantitative estimate of drug-likeness (QED) is 0.822. The number of piperidine rings is 1. The molecule has 2 atom stereocenters. The monoisotopic (exact) mass is 376 g/mol. The molecule has 0 radical (unpaired) electrons. The molecule has 0 aromatic carbocycles. The number of thiazole rings is 2. The largest absolute Gasteiger partial charge is 0.340 e. The van der Waals surface area contributed by atoms with Crippen LogP contribution in [0.2, 0.25) is 0 Å². The van der Waals surface area contributed by atoms with Crippen LogP contribution in [-0.2, 0) is 11.3 Å². The summed E-state index contributed by atoms with van der Waals surface area (Å²) in [5.41, 5.74) is -0.322. The van der Waals surface area contributed by atoms with Crippen molar-refractivity contribution in [2.75, 3.05) is 19.6 Å². The molecule has 7 heteroatoms. The summed E-state index contributed by atoms with van der Waals surface area (Å²) >= 11 is 3.38. The van der Waals surface area contributed by atoms with E-state index in [4.69, 9.17) is 0 Å². The molecule has 1 amide bonds.